The number of halogens is 2. The van der Waals surface area contributed by atoms with Crippen molar-refractivity contribution in [3.63, 3.8) is 0 Å². The minimum atomic E-state index is -0.850. The Morgan fingerprint density at radius 3 is 2.78 bits per heavy atom. The molecule has 1 amide bonds. The van der Waals surface area contributed by atoms with Gasteiger partial charge in [0.2, 0.25) is 0 Å². The molecule has 0 aliphatic rings. The van der Waals surface area contributed by atoms with E-state index in [1.807, 2.05) is 30.3 Å². The maximum absolute atomic E-state index is 13.2. The molecule has 0 bridgehead atoms. The summed E-state index contributed by atoms with van der Waals surface area (Å²) in [6.07, 6.45) is -0.621. The molecule has 0 radical (unpaired) electrons. The lowest BCUT2D eigenvalue weighted by atomic mass is 10.2. The largest absolute Gasteiger partial charge is 0.504 e. The zero-order valence-electron chi connectivity index (χ0n) is 12.0. The maximum atomic E-state index is 13.2. The van der Waals surface area contributed by atoms with Crippen LogP contribution in [-0.2, 0) is 11.3 Å². The van der Waals surface area contributed by atoms with Gasteiger partial charge in [-0.15, -0.1) is 0 Å². The summed E-state index contributed by atoms with van der Waals surface area (Å²) in [5.41, 5.74) is 0.919. The fourth-order valence-electron chi connectivity index (χ4n) is 1.69. The van der Waals surface area contributed by atoms with E-state index in [1.54, 1.807) is 0 Å². The van der Waals surface area contributed by atoms with Gasteiger partial charge in [-0.05, 0) is 17.7 Å². The van der Waals surface area contributed by atoms with Crippen LogP contribution in [0.25, 0.3) is 0 Å². The summed E-state index contributed by atoms with van der Waals surface area (Å²) >= 11 is 5.68. The molecule has 0 atom stereocenters. The molecule has 0 aliphatic carbocycles. The Morgan fingerprint density at radius 1 is 1.30 bits per heavy atom. The fourth-order valence-corrected chi connectivity index (χ4v) is 1.90. The predicted octanol–water partition coefficient (Wildman–Crippen LogP) is 3.46. The zero-order chi connectivity index (χ0) is 16.7. The van der Waals surface area contributed by atoms with Crippen LogP contribution in [0.1, 0.15) is 11.1 Å². The standard InChI is InChI=1S/C17H13ClFNO3/c18-14-9-13(16(21)15(19)10-14)7-4-8-20-17(22)23-11-12-5-2-1-3-6-12/h1-3,5-6,9-10,21H,8,11H2,(H,20,22). The Hall–Kier alpha value is -2.71. The van der Waals surface area contributed by atoms with Crippen molar-refractivity contribution >= 4 is 17.7 Å². The van der Waals surface area contributed by atoms with E-state index in [4.69, 9.17) is 16.3 Å². The normalized spacial score (nSPS) is 9.65. The van der Waals surface area contributed by atoms with Crippen LogP contribution in [0.15, 0.2) is 42.5 Å². The molecule has 6 heteroatoms. The SMILES string of the molecule is O=C(NCC#Cc1cc(Cl)cc(F)c1O)OCc1ccccc1. The average Bonchev–Trinajstić information content (AvgIpc) is 2.54. The molecule has 2 aromatic rings. The van der Waals surface area contributed by atoms with Gasteiger partial charge in [-0.25, -0.2) is 9.18 Å². The smallest absolute Gasteiger partial charge is 0.408 e. The molecule has 0 saturated heterocycles. The Labute approximate surface area is 137 Å². The summed E-state index contributed by atoms with van der Waals surface area (Å²) in [6.45, 7) is 0.140. The van der Waals surface area contributed by atoms with Gasteiger partial charge in [0.15, 0.2) is 11.6 Å². The third kappa shape index (κ3) is 5.20. The highest BCUT2D eigenvalue weighted by atomic mass is 35.5. The number of alkyl carbamates (subject to hydrolysis) is 1. The lowest BCUT2D eigenvalue weighted by molar-refractivity contribution is 0.141. The van der Waals surface area contributed by atoms with E-state index in [2.05, 4.69) is 17.2 Å². The van der Waals surface area contributed by atoms with Gasteiger partial charge in [0.05, 0.1) is 12.1 Å². The number of hydrogen-bond donors (Lipinski definition) is 2. The molecule has 0 aliphatic heterocycles. The number of aromatic hydroxyl groups is 1. The minimum absolute atomic E-state index is 0.0127. The topological polar surface area (TPSA) is 58.6 Å². The summed E-state index contributed by atoms with van der Waals surface area (Å²) < 4.78 is 18.2. The van der Waals surface area contributed by atoms with Crippen LogP contribution >= 0.6 is 11.6 Å². The Morgan fingerprint density at radius 2 is 2.04 bits per heavy atom. The number of ether oxygens (including phenoxy) is 1. The van der Waals surface area contributed by atoms with Crippen LogP contribution in [0.5, 0.6) is 5.75 Å². The molecule has 0 aromatic heterocycles. The van der Waals surface area contributed by atoms with Crippen LogP contribution in [-0.4, -0.2) is 17.7 Å². The van der Waals surface area contributed by atoms with E-state index in [9.17, 15) is 14.3 Å². The second kappa shape index (κ2) is 8.06. The van der Waals surface area contributed by atoms with Gasteiger partial charge in [0.1, 0.15) is 6.61 Å². The Balaban J connectivity index is 1.82. The molecular weight excluding hydrogens is 321 g/mol. The summed E-state index contributed by atoms with van der Waals surface area (Å²) in [6, 6.07) is 11.6. The zero-order valence-corrected chi connectivity index (χ0v) is 12.7. The first-order valence-electron chi connectivity index (χ1n) is 6.67. The summed E-state index contributed by atoms with van der Waals surface area (Å²) in [4.78, 5) is 11.5. The third-order valence-corrected chi connectivity index (χ3v) is 3.00. The first-order valence-corrected chi connectivity index (χ1v) is 7.05. The van der Waals surface area contributed by atoms with Gasteiger partial charge in [0.25, 0.3) is 0 Å². The molecule has 0 fully saturated rings. The van der Waals surface area contributed by atoms with Gasteiger partial charge >= 0.3 is 6.09 Å². The van der Waals surface area contributed by atoms with Crippen LogP contribution in [0.2, 0.25) is 5.02 Å². The Bertz CT molecular complexity index is 754. The highest BCUT2D eigenvalue weighted by molar-refractivity contribution is 6.30. The van der Waals surface area contributed by atoms with Crippen molar-refractivity contribution in [3.05, 3.63) is 64.4 Å². The van der Waals surface area contributed by atoms with Gasteiger partial charge in [-0.3, -0.25) is 0 Å². The number of carbonyl (C=O) groups is 1. The molecule has 2 N–H and O–H groups in total. The van der Waals surface area contributed by atoms with E-state index < -0.39 is 17.7 Å². The average molecular weight is 334 g/mol. The number of benzene rings is 2. The van der Waals surface area contributed by atoms with Crippen molar-refractivity contribution in [2.75, 3.05) is 6.54 Å². The number of rotatable bonds is 3. The highest BCUT2D eigenvalue weighted by Gasteiger charge is 2.07. The lowest BCUT2D eigenvalue weighted by Crippen LogP contribution is -2.24. The van der Waals surface area contributed by atoms with Crippen molar-refractivity contribution in [1.82, 2.24) is 5.32 Å². The summed E-state index contributed by atoms with van der Waals surface area (Å²) in [7, 11) is 0. The molecule has 23 heavy (non-hydrogen) atoms. The number of hydrogen-bond acceptors (Lipinski definition) is 3. The fraction of sp³-hybridized carbons (Fsp3) is 0.118. The number of carbonyl (C=O) groups excluding carboxylic acids is 1. The molecular formula is C17H13ClFNO3. The molecule has 4 nitrogen and oxygen atoms in total. The molecule has 2 rings (SSSR count). The quantitative estimate of drug-likeness (QED) is 0.846. The van der Waals surface area contributed by atoms with Crippen molar-refractivity contribution in [1.29, 1.82) is 0 Å². The van der Waals surface area contributed by atoms with Crippen LogP contribution in [0.3, 0.4) is 0 Å². The van der Waals surface area contributed by atoms with E-state index in [0.717, 1.165) is 11.6 Å². The molecule has 118 valence electrons. The minimum Gasteiger partial charge on any atom is -0.504 e. The van der Waals surface area contributed by atoms with Gasteiger partial charge < -0.3 is 15.2 Å². The van der Waals surface area contributed by atoms with Gasteiger partial charge in [-0.1, -0.05) is 53.8 Å². The molecule has 0 unspecified atom stereocenters. The van der Waals surface area contributed by atoms with Crippen molar-refractivity contribution in [2.24, 2.45) is 0 Å². The first-order chi connectivity index (χ1) is 11.1. The predicted molar refractivity (Wildman–Crippen MR) is 84.6 cm³/mol. The van der Waals surface area contributed by atoms with Crippen LogP contribution in [0, 0.1) is 17.7 Å². The molecule has 0 heterocycles. The highest BCUT2D eigenvalue weighted by Crippen LogP contribution is 2.24. The van der Waals surface area contributed by atoms with Crippen molar-refractivity contribution in [2.45, 2.75) is 6.61 Å². The van der Waals surface area contributed by atoms with Crippen molar-refractivity contribution < 1.29 is 19.0 Å². The third-order valence-electron chi connectivity index (χ3n) is 2.79. The monoisotopic (exact) mass is 333 g/mol. The summed E-state index contributed by atoms with van der Waals surface area (Å²) in [5, 5.41) is 12.0. The second-order valence-corrected chi connectivity index (χ2v) is 4.94. The van der Waals surface area contributed by atoms with Crippen LogP contribution in [0.4, 0.5) is 9.18 Å². The molecule has 0 spiro atoms. The van der Waals surface area contributed by atoms with E-state index in [0.29, 0.717) is 0 Å². The van der Waals surface area contributed by atoms with E-state index in [1.165, 1.54) is 6.07 Å². The van der Waals surface area contributed by atoms with Crippen molar-refractivity contribution in [3.8, 4) is 17.6 Å². The van der Waals surface area contributed by atoms with Crippen LogP contribution < -0.4 is 5.32 Å². The Kier molecular flexibility index (Phi) is 5.84. The first kappa shape index (κ1) is 16.7. The molecule has 0 saturated carbocycles. The number of amides is 1. The number of phenols is 1. The lowest BCUT2D eigenvalue weighted by Gasteiger charge is -2.04. The van der Waals surface area contributed by atoms with E-state index >= 15 is 0 Å². The van der Waals surface area contributed by atoms with Gasteiger partial charge in [-0.2, -0.15) is 0 Å². The number of phenolic OH excluding ortho intramolecular Hbond substituents is 1. The maximum Gasteiger partial charge on any atom is 0.408 e. The van der Waals surface area contributed by atoms with E-state index in [-0.39, 0.29) is 23.7 Å². The van der Waals surface area contributed by atoms with Gasteiger partial charge in [0, 0.05) is 5.02 Å². The molecule has 2 aromatic carbocycles. The summed E-state index contributed by atoms with van der Waals surface area (Å²) in [5.74, 6) is 3.68. The number of nitrogens with one attached hydrogen (secondary N) is 1. The second-order valence-electron chi connectivity index (χ2n) is 4.50.